The molecule has 1 saturated carbocycles. The summed E-state index contributed by atoms with van der Waals surface area (Å²) >= 11 is 0. The van der Waals surface area contributed by atoms with Crippen LogP contribution in [0.2, 0.25) is 0 Å². The summed E-state index contributed by atoms with van der Waals surface area (Å²) in [5.74, 6) is 0.388. The molecule has 3 nitrogen and oxygen atoms in total. The number of hydrogen-bond donors (Lipinski definition) is 1. The smallest absolute Gasteiger partial charge is 0.348 e. The third-order valence-corrected chi connectivity index (χ3v) is 3.17. The molecule has 1 aliphatic rings. The molecule has 1 fully saturated rings. The molecule has 0 amide bonds. The fraction of sp³-hybridized carbons (Fsp3) is 0.643. The summed E-state index contributed by atoms with van der Waals surface area (Å²) in [5.41, 5.74) is 1.00. The van der Waals surface area contributed by atoms with E-state index in [1.54, 1.807) is 12.3 Å². The fourth-order valence-electron chi connectivity index (χ4n) is 2.02. The maximum atomic E-state index is 12.5. The monoisotopic (exact) mass is 287 g/mol. The number of aromatic nitrogens is 1. The highest BCUT2D eigenvalue weighted by molar-refractivity contribution is 5.39. The highest BCUT2D eigenvalue weighted by atomic mass is 19.4. The van der Waals surface area contributed by atoms with Crippen LogP contribution in [0.5, 0.6) is 0 Å². The van der Waals surface area contributed by atoms with Crippen LogP contribution in [0.25, 0.3) is 0 Å². The maximum Gasteiger partial charge on any atom is 0.405 e. The van der Waals surface area contributed by atoms with E-state index in [0.717, 1.165) is 12.1 Å². The van der Waals surface area contributed by atoms with Crippen molar-refractivity contribution < 1.29 is 13.2 Å². The summed E-state index contributed by atoms with van der Waals surface area (Å²) < 4.78 is 37.6. The summed E-state index contributed by atoms with van der Waals surface area (Å²) in [4.78, 5) is 5.44. The minimum absolute atomic E-state index is 0.353. The van der Waals surface area contributed by atoms with E-state index in [1.165, 1.54) is 17.7 Å². The Morgan fingerprint density at radius 2 is 2.10 bits per heavy atom. The van der Waals surface area contributed by atoms with Gasteiger partial charge in [-0.1, -0.05) is 13.0 Å². The lowest BCUT2D eigenvalue weighted by Crippen LogP contribution is -2.35. The Labute approximate surface area is 117 Å². The zero-order valence-corrected chi connectivity index (χ0v) is 11.6. The number of rotatable bonds is 7. The van der Waals surface area contributed by atoms with E-state index < -0.39 is 12.7 Å². The average Bonchev–Trinajstić information content (AvgIpc) is 3.19. The standard InChI is InChI=1S/C14H20F3N3/c1-2-7-20(10-14(15,16)17)13-6-3-11(9-19-13)8-18-12-4-5-12/h3,6,9,12,18H,2,4-5,7-8,10H2,1H3. The van der Waals surface area contributed by atoms with Gasteiger partial charge in [-0.15, -0.1) is 0 Å². The van der Waals surface area contributed by atoms with Crippen LogP contribution in [0, 0.1) is 0 Å². The van der Waals surface area contributed by atoms with Gasteiger partial charge < -0.3 is 10.2 Å². The quantitative estimate of drug-likeness (QED) is 0.835. The Kier molecular flexibility index (Phi) is 4.86. The number of halogens is 3. The Hall–Kier alpha value is -1.30. The van der Waals surface area contributed by atoms with Gasteiger partial charge in [0, 0.05) is 25.3 Å². The molecule has 1 N–H and O–H groups in total. The molecule has 0 aliphatic heterocycles. The van der Waals surface area contributed by atoms with Gasteiger partial charge in [0.25, 0.3) is 0 Å². The number of anilines is 1. The Bertz CT molecular complexity index is 413. The zero-order chi connectivity index (χ0) is 14.6. The number of pyridine rings is 1. The van der Waals surface area contributed by atoms with Crippen LogP contribution in [-0.4, -0.2) is 30.3 Å². The molecule has 0 spiro atoms. The third-order valence-electron chi connectivity index (χ3n) is 3.17. The van der Waals surface area contributed by atoms with Gasteiger partial charge in [0.05, 0.1) is 0 Å². The zero-order valence-electron chi connectivity index (χ0n) is 11.6. The first kappa shape index (κ1) is 15.1. The molecule has 1 aliphatic carbocycles. The van der Waals surface area contributed by atoms with E-state index in [1.807, 2.05) is 13.0 Å². The highest BCUT2D eigenvalue weighted by Gasteiger charge is 2.31. The van der Waals surface area contributed by atoms with E-state index in [-0.39, 0.29) is 0 Å². The van der Waals surface area contributed by atoms with Crippen molar-refractivity contribution in [3.8, 4) is 0 Å². The summed E-state index contributed by atoms with van der Waals surface area (Å²) in [6, 6.07) is 4.12. The second-order valence-electron chi connectivity index (χ2n) is 5.22. The molecular formula is C14H20F3N3. The molecule has 0 saturated heterocycles. The number of nitrogens with one attached hydrogen (secondary N) is 1. The van der Waals surface area contributed by atoms with Crippen molar-refractivity contribution in [1.82, 2.24) is 10.3 Å². The van der Waals surface area contributed by atoms with E-state index >= 15 is 0 Å². The van der Waals surface area contributed by atoms with Crippen LogP contribution >= 0.6 is 0 Å². The van der Waals surface area contributed by atoms with Gasteiger partial charge in [-0.2, -0.15) is 13.2 Å². The average molecular weight is 287 g/mol. The topological polar surface area (TPSA) is 28.2 Å². The predicted molar refractivity (Wildman–Crippen MR) is 72.7 cm³/mol. The minimum atomic E-state index is -4.21. The summed E-state index contributed by atoms with van der Waals surface area (Å²) in [6.45, 7) is 1.99. The van der Waals surface area contributed by atoms with Crippen molar-refractivity contribution in [2.24, 2.45) is 0 Å². The van der Waals surface area contributed by atoms with Gasteiger partial charge in [0.1, 0.15) is 12.4 Å². The lowest BCUT2D eigenvalue weighted by atomic mass is 10.2. The lowest BCUT2D eigenvalue weighted by Gasteiger charge is -2.24. The van der Waals surface area contributed by atoms with Crippen molar-refractivity contribution >= 4 is 5.82 Å². The second kappa shape index (κ2) is 6.43. The SMILES string of the molecule is CCCN(CC(F)(F)F)c1ccc(CNC2CC2)cn1. The Morgan fingerprint density at radius 3 is 2.60 bits per heavy atom. The maximum absolute atomic E-state index is 12.5. The van der Waals surface area contributed by atoms with Crippen LogP contribution in [0.15, 0.2) is 18.3 Å². The van der Waals surface area contributed by atoms with Gasteiger partial charge in [-0.3, -0.25) is 0 Å². The van der Waals surface area contributed by atoms with Crippen molar-refractivity contribution in [3.05, 3.63) is 23.9 Å². The van der Waals surface area contributed by atoms with E-state index in [4.69, 9.17) is 0 Å². The van der Waals surface area contributed by atoms with Gasteiger partial charge in [-0.05, 0) is 30.9 Å². The Balaban J connectivity index is 1.96. The fourth-order valence-corrected chi connectivity index (χ4v) is 2.02. The van der Waals surface area contributed by atoms with E-state index in [0.29, 0.717) is 24.8 Å². The van der Waals surface area contributed by atoms with Gasteiger partial charge in [-0.25, -0.2) is 4.98 Å². The predicted octanol–water partition coefficient (Wildman–Crippen LogP) is 3.11. The van der Waals surface area contributed by atoms with Crippen LogP contribution in [-0.2, 0) is 6.54 Å². The number of alkyl halides is 3. The van der Waals surface area contributed by atoms with Crippen LogP contribution in [0.1, 0.15) is 31.7 Å². The third kappa shape index (κ3) is 5.00. The molecule has 0 aromatic carbocycles. The molecule has 2 rings (SSSR count). The van der Waals surface area contributed by atoms with Crippen molar-refractivity contribution in [2.45, 2.75) is 44.9 Å². The van der Waals surface area contributed by atoms with Crippen molar-refractivity contribution in [2.75, 3.05) is 18.0 Å². The first-order valence-electron chi connectivity index (χ1n) is 6.98. The lowest BCUT2D eigenvalue weighted by molar-refractivity contribution is -0.119. The largest absolute Gasteiger partial charge is 0.405 e. The number of nitrogens with zero attached hydrogens (tertiary/aromatic N) is 2. The molecule has 0 bridgehead atoms. The van der Waals surface area contributed by atoms with Gasteiger partial charge in [0.2, 0.25) is 0 Å². The Morgan fingerprint density at radius 1 is 1.35 bits per heavy atom. The van der Waals surface area contributed by atoms with E-state index in [9.17, 15) is 13.2 Å². The number of hydrogen-bond acceptors (Lipinski definition) is 3. The van der Waals surface area contributed by atoms with Crippen molar-refractivity contribution in [1.29, 1.82) is 0 Å². The first-order chi connectivity index (χ1) is 9.48. The minimum Gasteiger partial charge on any atom is -0.348 e. The molecule has 0 radical (unpaired) electrons. The molecule has 0 unspecified atom stereocenters. The summed E-state index contributed by atoms with van der Waals surface area (Å²) in [7, 11) is 0. The summed E-state index contributed by atoms with van der Waals surface area (Å²) in [5, 5.41) is 3.35. The first-order valence-corrected chi connectivity index (χ1v) is 6.98. The molecule has 20 heavy (non-hydrogen) atoms. The van der Waals surface area contributed by atoms with Gasteiger partial charge in [0.15, 0.2) is 0 Å². The molecule has 1 heterocycles. The van der Waals surface area contributed by atoms with Crippen LogP contribution in [0.4, 0.5) is 19.0 Å². The highest BCUT2D eigenvalue weighted by Crippen LogP contribution is 2.22. The molecule has 112 valence electrons. The van der Waals surface area contributed by atoms with Crippen LogP contribution < -0.4 is 10.2 Å². The summed E-state index contributed by atoms with van der Waals surface area (Å²) in [6.07, 6.45) is 0.526. The second-order valence-corrected chi connectivity index (χ2v) is 5.22. The van der Waals surface area contributed by atoms with E-state index in [2.05, 4.69) is 10.3 Å². The van der Waals surface area contributed by atoms with Crippen LogP contribution in [0.3, 0.4) is 0 Å². The van der Waals surface area contributed by atoms with Crippen molar-refractivity contribution in [3.63, 3.8) is 0 Å². The van der Waals surface area contributed by atoms with Gasteiger partial charge >= 0.3 is 6.18 Å². The molecule has 6 heteroatoms. The molecule has 1 aromatic heterocycles. The molecular weight excluding hydrogens is 267 g/mol. The normalized spacial score (nSPS) is 15.4. The molecule has 0 atom stereocenters. The molecule has 1 aromatic rings.